The first-order valence-electron chi connectivity index (χ1n) is 6.86. The highest BCUT2D eigenvalue weighted by Gasteiger charge is 2.18. The number of fused-ring (bicyclic) bond motifs is 1. The van der Waals surface area contributed by atoms with Crippen molar-refractivity contribution in [1.82, 2.24) is 4.98 Å². The molecule has 2 N–H and O–H groups in total. The lowest BCUT2D eigenvalue weighted by molar-refractivity contribution is -0.136. The second-order valence-corrected chi connectivity index (χ2v) is 6.83. The number of aromatic nitrogens is 1. The molecule has 0 saturated heterocycles. The van der Waals surface area contributed by atoms with E-state index < -0.39 is 5.97 Å². The number of benzene rings is 1. The molecule has 21 heavy (non-hydrogen) atoms. The topological polar surface area (TPSA) is 53.1 Å². The van der Waals surface area contributed by atoms with Gasteiger partial charge in [0.15, 0.2) is 0 Å². The number of carboxylic acid groups (broad SMARTS) is 1. The lowest BCUT2D eigenvalue weighted by atomic mass is 10.0. The monoisotopic (exact) mass is 299 g/mol. The minimum absolute atomic E-state index is 0.0348. The molecule has 1 aromatic carbocycles. The van der Waals surface area contributed by atoms with Crippen molar-refractivity contribution in [3.63, 3.8) is 0 Å². The Morgan fingerprint density at radius 3 is 2.67 bits per heavy atom. The molecular formula is C17H17NO2S. The fraction of sp³-hybridized carbons (Fsp3) is 0.235. The number of aryl methyl sites for hydroxylation is 3. The Kier molecular flexibility index (Phi) is 3.33. The second kappa shape index (κ2) is 5.04. The van der Waals surface area contributed by atoms with Gasteiger partial charge in [-0.2, -0.15) is 0 Å². The lowest BCUT2D eigenvalue weighted by Gasteiger charge is -2.02. The maximum atomic E-state index is 11.3. The quantitative estimate of drug-likeness (QED) is 0.750. The summed E-state index contributed by atoms with van der Waals surface area (Å²) in [6.45, 7) is 6.20. The van der Waals surface area contributed by atoms with Crippen molar-refractivity contribution in [2.24, 2.45) is 0 Å². The van der Waals surface area contributed by atoms with Crippen molar-refractivity contribution in [1.29, 1.82) is 0 Å². The van der Waals surface area contributed by atoms with E-state index in [0.29, 0.717) is 0 Å². The normalized spacial score (nSPS) is 11.2. The van der Waals surface area contributed by atoms with Gasteiger partial charge in [0.1, 0.15) is 0 Å². The molecular weight excluding hydrogens is 282 g/mol. The van der Waals surface area contributed by atoms with Gasteiger partial charge in [0.2, 0.25) is 0 Å². The lowest BCUT2D eigenvalue weighted by Crippen LogP contribution is -2.00. The highest BCUT2D eigenvalue weighted by Crippen LogP contribution is 2.36. The first-order chi connectivity index (χ1) is 9.97. The summed E-state index contributed by atoms with van der Waals surface area (Å²) in [5, 5.41) is 10.3. The Balaban J connectivity index is 2.33. The highest BCUT2D eigenvalue weighted by molar-refractivity contribution is 7.12. The molecule has 4 heteroatoms. The predicted molar refractivity (Wildman–Crippen MR) is 87.2 cm³/mol. The van der Waals surface area contributed by atoms with Gasteiger partial charge in [0, 0.05) is 26.2 Å². The fourth-order valence-corrected chi connectivity index (χ4v) is 3.79. The maximum Gasteiger partial charge on any atom is 0.307 e. The van der Waals surface area contributed by atoms with E-state index in [2.05, 4.69) is 24.9 Å². The number of hydrogen-bond acceptors (Lipinski definition) is 2. The van der Waals surface area contributed by atoms with Crippen LogP contribution in [0.25, 0.3) is 22.2 Å². The number of carboxylic acids is 1. The van der Waals surface area contributed by atoms with Crippen LogP contribution in [0, 0.1) is 20.8 Å². The van der Waals surface area contributed by atoms with Crippen LogP contribution in [0.3, 0.4) is 0 Å². The zero-order valence-corrected chi connectivity index (χ0v) is 13.1. The average Bonchev–Trinajstić information content (AvgIpc) is 2.91. The van der Waals surface area contributed by atoms with Gasteiger partial charge in [-0.05, 0) is 38.0 Å². The molecule has 2 heterocycles. The van der Waals surface area contributed by atoms with Gasteiger partial charge in [-0.3, -0.25) is 4.79 Å². The van der Waals surface area contributed by atoms with Crippen molar-refractivity contribution < 1.29 is 9.90 Å². The third kappa shape index (κ3) is 2.36. The summed E-state index contributed by atoms with van der Waals surface area (Å²) < 4.78 is 0. The minimum atomic E-state index is -0.803. The molecule has 0 radical (unpaired) electrons. The highest BCUT2D eigenvalue weighted by atomic mass is 32.1. The van der Waals surface area contributed by atoms with E-state index in [-0.39, 0.29) is 6.42 Å². The van der Waals surface area contributed by atoms with Crippen LogP contribution < -0.4 is 0 Å². The molecule has 2 aromatic heterocycles. The van der Waals surface area contributed by atoms with Crippen LogP contribution in [-0.2, 0) is 11.2 Å². The molecule has 0 aliphatic rings. The predicted octanol–water partition coefficient (Wildman–Crippen LogP) is 4.45. The molecule has 0 aliphatic heterocycles. The van der Waals surface area contributed by atoms with Crippen LogP contribution in [0.15, 0.2) is 24.3 Å². The minimum Gasteiger partial charge on any atom is -0.481 e. The summed E-state index contributed by atoms with van der Waals surface area (Å²) in [4.78, 5) is 17.2. The summed E-state index contributed by atoms with van der Waals surface area (Å²) in [6, 6.07) is 8.14. The standard InChI is InChI=1S/C17H17NO2S/c1-9-5-4-6-12-14(8-15(19)20)17(18-16(9)12)13-7-10(2)21-11(13)3/h4-7,18H,8H2,1-3H3,(H,19,20). The number of aliphatic carboxylic acids is 1. The fourth-order valence-electron chi connectivity index (χ4n) is 2.86. The molecule has 108 valence electrons. The first-order valence-corrected chi connectivity index (χ1v) is 7.68. The van der Waals surface area contributed by atoms with Gasteiger partial charge < -0.3 is 10.1 Å². The van der Waals surface area contributed by atoms with Crippen LogP contribution >= 0.6 is 11.3 Å². The molecule has 0 spiro atoms. The average molecular weight is 299 g/mol. The van der Waals surface area contributed by atoms with Crippen molar-refractivity contribution >= 4 is 28.2 Å². The van der Waals surface area contributed by atoms with Gasteiger partial charge in [-0.1, -0.05) is 18.2 Å². The molecule has 0 saturated carbocycles. The zero-order valence-electron chi connectivity index (χ0n) is 12.3. The van der Waals surface area contributed by atoms with E-state index in [4.69, 9.17) is 0 Å². The Morgan fingerprint density at radius 2 is 2.05 bits per heavy atom. The van der Waals surface area contributed by atoms with Crippen LogP contribution in [-0.4, -0.2) is 16.1 Å². The van der Waals surface area contributed by atoms with Crippen LogP contribution in [0.1, 0.15) is 20.9 Å². The number of para-hydroxylation sites is 1. The molecule has 0 amide bonds. The van der Waals surface area contributed by atoms with E-state index in [1.54, 1.807) is 11.3 Å². The van der Waals surface area contributed by atoms with Crippen molar-refractivity contribution in [2.75, 3.05) is 0 Å². The number of nitrogens with one attached hydrogen (secondary N) is 1. The van der Waals surface area contributed by atoms with Gasteiger partial charge in [-0.15, -0.1) is 11.3 Å². The summed E-state index contributed by atoms with van der Waals surface area (Å²) in [5.41, 5.74) is 5.11. The molecule has 0 aliphatic carbocycles. The van der Waals surface area contributed by atoms with E-state index in [1.165, 1.54) is 9.75 Å². The van der Waals surface area contributed by atoms with Gasteiger partial charge >= 0.3 is 5.97 Å². The largest absolute Gasteiger partial charge is 0.481 e. The Bertz CT molecular complexity index is 842. The third-order valence-electron chi connectivity index (χ3n) is 3.79. The first kappa shape index (κ1) is 13.9. The molecule has 0 unspecified atom stereocenters. The van der Waals surface area contributed by atoms with E-state index >= 15 is 0 Å². The SMILES string of the molecule is Cc1cc(-c2[nH]c3c(C)cccc3c2CC(=O)O)c(C)s1. The zero-order chi connectivity index (χ0) is 15.1. The number of thiophene rings is 1. The smallest absolute Gasteiger partial charge is 0.307 e. The maximum absolute atomic E-state index is 11.3. The van der Waals surface area contributed by atoms with Crippen LogP contribution in [0.4, 0.5) is 0 Å². The van der Waals surface area contributed by atoms with Crippen molar-refractivity contribution in [3.8, 4) is 11.3 Å². The van der Waals surface area contributed by atoms with Gasteiger partial charge in [0.25, 0.3) is 0 Å². The molecule has 3 nitrogen and oxygen atoms in total. The number of carbonyl (C=O) groups is 1. The molecule has 3 rings (SSSR count). The summed E-state index contributed by atoms with van der Waals surface area (Å²) in [6.07, 6.45) is 0.0348. The number of aromatic amines is 1. The van der Waals surface area contributed by atoms with Crippen LogP contribution in [0.5, 0.6) is 0 Å². The number of H-pyrrole nitrogens is 1. The molecule has 0 atom stereocenters. The summed E-state index contributed by atoms with van der Waals surface area (Å²) >= 11 is 1.74. The molecule has 0 fully saturated rings. The summed E-state index contributed by atoms with van der Waals surface area (Å²) in [7, 11) is 0. The van der Waals surface area contributed by atoms with Gasteiger partial charge in [0.05, 0.1) is 12.1 Å². The Morgan fingerprint density at radius 1 is 1.29 bits per heavy atom. The molecule has 0 bridgehead atoms. The number of hydrogen-bond donors (Lipinski definition) is 2. The Hall–Kier alpha value is -2.07. The van der Waals surface area contributed by atoms with Crippen molar-refractivity contribution in [2.45, 2.75) is 27.2 Å². The van der Waals surface area contributed by atoms with E-state index in [1.807, 2.05) is 25.1 Å². The Labute approximate surface area is 127 Å². The van der Waals surface area contributed by atoms with Crippen molar-refractivity contribution in [3.05, 3.63) is 45.1 Å². The van der Waals surface area contributed by atoms with Gasteiger partial charge in [-0.25, -0.2) is 0 Å². The van der Waals surface area contributed by atoms with E-state index in [0.717, 1.165) is 33.3 Å². The molecule has 3 aromatic rings. The number of rotatable bonds is 3. The van der Waals surface area contributed by atoms with E-state index in [9.17, 15) is 9.90 Å². The van der Waals surface area contributed by atoms with Crippen LogP contribution in [0.2, 0.25) is 0 Å². The third-order valence-corrected chi connectivity index (χ3v) is 4.75. The second-order valence-electron chi connectivity index (χ2n) is 5.37. The summed E-state index contributed by atoms with van der Waals surface area (Å²) in [5.74, 6) is -0.803.